The molecule has 26 heavy (non-hydrogen) atoms. The van der Waals surface area contributed by atoms with E-state index in [2.05, 4.69) is 50.5 Å². The number of carbonyl (C=O) groups is 1. The lowest BCUT2D eigenvalue weighted by Crippen LogP contribution is -2.37. The molecule has 3 rings (SSSR count). The minimum absolute atomic E-state index is 0.0110. The number of hydrogen-bond donors (Lipinski definition) is 1. The highest BCUT2D eigenvalue weighted by atomic mass is 16.1. The molecule has 0 atom stereocenters. The van der Waals surface area contributed by atoms with Gasteiger partial charge in [-0.05, 0) is 57.7 Å². The molecule has 1 saturated heterocycles. The van der Waals surface area contributed by atoms with E-state index in [1.165, 1.54) is 18.4 Å². The van der Waals surface area contributed by atoms with Gasteiger partial charge in [-0.3, -0.25) is 4.79 Å². The van der Waals surface area contributed by atoms with Crippen molar-refractivity contribution in [3.05, 3.63) is 53.3 Å². The van der Waals surface area contributed by atoms with Crippen molar-refractivity contribution in [1.82, 2.24) is 14.9 Å². The number of piperidine rings is 1. The summed E-state index contributed by atoms with van der Waals surface area (Å²) < 4.78 is 0. The molecule has 0 aliphatic carbocycles. The molecule has 5 nitrogen and oxygen atoms in total. The van der Waals surface area contributed by atoms with Gasteiger partial charge in [-0.1, -0.05) is 30.3 Å². The highest BCUT2D eigenvalue weighted by Crippen LogP contribution is 2.18. The third-order valence-corrected chi connectivity index (χ3v) is 5.17. The highest BCUT2D eigenvalue weighted by molar-refractivity contribution is 5.94. The zero-order valence-electron chi connectivity index (χ0n) is 15.7. The molecule has 1 aromatic heterocycles. The second-order valence-electron chi connectivity index (χ2n) is 7.15. The third-order valence-electron chi connectivity index (χ3n) is 5.17. The number of carbonyl (C=O) groups excluding carboxylic acids is 1. The molecule has 1 aliphatic heterocycles. The number of anilines is 1. The zero-order valence-corrected chi connectivity index (χ0v) is 15.7. The first-order valence-corrected chi connectivity index (χ1v) is 9.46. The van der Waals surface area contributed by atoms with Crippen LogP contribution in [-0.2, 0) is 6.42 Å². The lowest BCUT2D eigenvalue weighted by Gasteiger charge is -2.32. The van der Waals surface area contributed by atoms with Gasteiger partial charge in [-0.2, -0.15) is 0 Å². The first-order valence-electron chi connectivity index (χ1n) is 9.46. The highest BCUT2D eigenvalue weighted by Gasteiger charge is 2.19. The van der Waals surface area contributed by atoms with E-state index in [0.29, 0.717) is 17.4 Å². The first kappa shape index (κ1) is 18.5. The van der Waals surface area contributed by atoms with Crippen LogP contribution in [0.1, 0.15) is 41.4 Å². The molecular weight excluding hydrogens is 324 g/mol. The van der Waals surface area contributed by atoms with Crippen LogP contribution in [0.3, 0.4) is 0 Å². The van der Waals surface area contributed by atoms with Gasteiger partial charge in [0.2, 0.25) is 5.95 Å². The molecule has 1 N–H and O–H groups in total. The maximum atomic E-state index is 11.5. The van der Waals surface area contributed by atoms with Crippen LogP contribution >= 0.6 is 0 Å². The zero-order chi connectivity index (χ0) is 18.4. The maximum Gasteiger partial charge on any atom is 0.222 e. The summed E-state index contributed by atoms with van der Waals surface area (Å²) in [6, 6.07) is 10.7. The van der Waals surface area contributed by atoms with Crippen LogP contribution in [0.5, 0.6) is 0 Å². The Balaban J connectivity index is 1.40. The standard InChI is InChI=1S/C21H28N4O/c1-16-20(17(2)26)15-23-21(24-16)22-14-19-9-12-25(13-10-19)11-8-18-6-4-3-5-7-18/h3-7,15,19H,8-14H2,1-2H3,(H,22,23,24). The summed E-state index contributed by atoms with van der Waals surface area (Å²) in [5, 5.41) is 3.34. The van der Waals surface area contributed by atoms with Gasteiger partial charge in [0.25, 0.3) is 0 Å². The normalized spacial score (nSPS) is 15.8. The Kier molecular flexibility index (Phi) is 6.34. The van der Waals surface area contributed by atoms with Crippen LogP contribution < -0.4 is 5.32 Å². The van der Waals surface area contributed by atoms with Crippen molar-refractivity contribution < 1.29 is 4.79 Å². The molecule has 0 saturated carbocycles. The van der Waals surface area contributed by atoms with Crippen molar-refractivity contribution in [1.29, 1.82) is 0 Å². The Morgan fingerprint density at radius 2 is 1.96 bits per heavy atom. The number of hydrogen-bond acceptors (Lipinski definition) is 5. The van der Waals surface area contributed by atoms with Crippen LogP contribution in [-0.4, -0.2) is 46.8 Å². The lowest BCUT2D eigenvalue weighted by molar-refractivity contribution is 0.101. The molecule has 1 aliphatic rings. The van der Waals surface area contributed by atoms with Gasteiger partial charge in [0, 0.05) is 19.3 Å². The Hall–Kier alpha value is -2.27. The molecule has 0 bridgehead atoms. The Bertz CT molecular complexity index is 724. The molecule has 1 aromatic carbocycles. The number of Topliss-reactive ketones (excluding diaryl/α,β-unsaturated/α-hetero) is 1. The summed E-state index contributed by atoms with van der Waals surface area (Å²) in [6.45, 7) is 7.74. The van der Waals surface area contributed by atoms with Crippen molar-refractivity contribution in [3.8, 4) is 0 Å². The van der Waals surface area contributed by atoms with Crippen LogP contribution in [0.2, 0.25) is 0 Å². The smallest absolute Gasteiger partial charge is 0.222 e. The Labute approximate surface area is 155 Å². The first-order chi connectivity index (χ1) is 12.6. The number of aryl methyl sites for hydroxylation is 1. The molecule has 0 amide bonds. The molecule has 1 fully saturated rings. The summed E-state index contributed by atoms with van der Waals surface area (Å²) in [5.41, 5.74) is 2.76. The molecule has 0 spiro atoms. The predicted octanol–water partition coefficient (Wildman–Crippen LogP) is 3.35. The van der Waals surface area contributed by atoms with Crippen molar-refractivity contribution >= 4 is 11.7 Å². The van der Waals surface area contributed by atoms with E-state index in [9.17, 15) is 4.79 Å². The molecule has 0 radical (unpaired) electrons. The van der Waals surface area contributed by atoms with E-state index >= 15 is 0 Å². The van der Waals surface area contributed by atoms with Gasteiger partial charge < -0.3 is 10.2 Å². The fourth-order valence-electron chi connectivity index (χ4n) is 3.48. The van der Waals surface area contributed by atoms with Crippen molar-refractivity contribution in [3.63, 3.8) is 0 Å². The van der Waals surface area contributed by atoms with Crippen LogP contribution in [0.25, 0.3) is 0 Å². The SMILES string of the molecule is CC(=O)c1cnc(NCC2CCN(CCc3ccccc3)CC2)nc1C. The van der Waals surface area contributed by atoms with E-state index in [4.69, 9.17) is 0 Å². The second-order valence-corrected chi connectivity index (χ2v) is 7.15. The largest absolute Gasteiger partial charge is 0.354 e. The number of benzene rings is 1. The van der Waals surface area contributed by atoms with E-state index in [-0.39, 0.29) is 5.78 Å². The predicted molar refractivity (Wildman–Crippen MR) is 105 cm³/mol. The van der Waals surface area contributed by atoms with Crippen LogP contribution in [0, 0.1) is 12.8 Å². The molecule has 2 heterocycles. The van der Waals surface area contributed by atoms with Gasteiger partial charge in [0.15, 0.2) is 5.78 Å². The summed E-state index contributed by atoms with van der Waals surface area (Å²) >= 11 is 0. The summed E-state index contributed by atoms with van der Waals surface area (Å²) in [5.74, 6) is 1.29. The molecule has 2 aromatic rings. The second kappa shape index (κ2) is 8.90. The minimum Gasteiger partial charge on any atom is -0.354 e. The van der Waals surface area contributed by atoms with Gasteiger partial charge >= 0.3 is 0 Å². The Morgan fingerprint density at radius 1 is 1.23 bits per heavy atom. The Morgan fingerprint density at radius 3 is 2.62 bits per heavy atom. The fraction of sp³-hybridized carbons (Fsp3) is 0.476. The summed E-state index contributed by atoms with van der Waals surface area (Å²) in [7, 11) is 0. The van der Waals surface area contributed by atoms with E-state index in [1.54, 1.807) is 13.1 Å². The number of nitrogens with zero attached hydrogens (tertiary/aromatic N) is 3. The van der Waals surface area contributed by atoms with Crippen molar-refractivity contribution in [2.24, 2.45) is 5.92 Å². The molecule has 138 valence electrons. The van der Waals surface area contributed by atoms with Gasteiger partial charge in [-0.25, -0.2) is 9.97 Å². The van der Waals surface area contributed by atoms with E-state index < -0.39 is 0 Å². The number of likely N-dealkylation sites (tertiary alicyclic amines) is 1. The number of ketones is 1. The maximum absolute atomic E-state index is 11.5. The topological polar surface area (TPSA) is 58.1 Å². The van der Waals surface area contributed by atoms with Crippen molar-refractivity contribution in [2.75, 3.05) is 31.5 Å². The quantitative estimate of drug-likeness (QED) is 0.775. The minimum atomic E-state index is 0.0110. The molecule has 5 heteroatoms. The van der Waals surface area contributed by atoms with Gasteiger partial charge in [0.1, 0.15) is 0 Å². The average molecular weight is 352 g/mol. The lowest BCUT2D eigenvalue weighted by atomic mass is 9.96. The van der Waals surface area contributed by atoms with Crippen LogP contribution in [0.15, 0.2) is 36.5 Å². The number of aromatic nitrogens is 2. The molecular formula is C21H28N4O. The number of nitrogens with one attached hydrogen (secondary N) is 1. The van der Waals surface area contributed by atoms with Gasteiger partial charge in [-0.15, -0.1) is 0 Å². The van der Waals surface area contributed by atoms with E-state index in [1.807, 2.05) is 6.92 Å². The monoisotopic (exact) mass is 352 g/mol. The third kappa shape index (κ3) is 5.11. The van der Waals surface area contributed by atoms with Gasteiger partial charge in [0.05, 0.1) is 11.3 Å². The average Bonchev–Trinajstić information content (AvgIpc) is 2.66. The summed E-state index contributed by atoms with van der Waals surface area (Å²) in [6.07, 6.45) is 5.15. The van der Waals surface area contributed by atoms with E-state index in [0.717, 1.165) is 38.3 Å². The number of rotatable bonds is 7. The van der Waals surface area contributed by atoms with Crippen LogP contribution in [0.4, 0.5) is 5.95 Å². The van der Waals surface area contributed by atoms with Crippen molar-refractivity contribution in [2.45, 2.75) is 33.1 Å². The summed E-state index contributed by atoms with van der Waals surface area (Å²) in [4.78, 5) is 22.7. The fourth-order valence-corrected chi connectivity index (χ4v) is 3.48. The molecule has 0 unspecified atom stereocenters.